The van der Waals surface area contributed by atoms with Gasteiger partial charge in [-0.15, -0.1) is 0 Å². The summed E-state index contributed by atoms with van der Waals surface area (Å²) in [5, 5.41) is 17.9. The van der Waals surface area contributed by atoms with Gasteiger partial charge in [0.25, 0.3) is 5.91 Å². The number of amides is 1. The van der Waals surface area contributed by atoms with Gasteiger partial charge in [-0.1, -0.05) is 0 Å². The number of halogens is 4. The van der Waals surface area contributed by atoms with E-state index in [-0.39, 0.29) is 6.42 Å². The summed E-state index contributed by atoms with van der Waals surface area (Å²) in [7, 11) is 0. The summed E-state index contributed by atoms with van der Waals surface area (Å²) in [6.07, 6.45) is -2.13. The van der Waals surface area contributed by atoms with E-state index in [2.05, 4.69) is 15.7 Å². The van der Waals surface area contributed by atoms with Crippen molar-refractivity contribution < 1.29 is 22.4 Å². The summed E-state index contributed by atoms with van der Waals surface area (Å²) in [5.41, 5.74) is 2.53. The lowest BCUT2D eigenvalue weighted by molar-refractivity contribution is -0.135. The fourth-order valence-corrected chi connectivity index (χ4v) is 3.69. The molecule has 0 fully saturated rings. The first-order chi connectivity index (χ1) is 16.9. The smallest absolute Gasteiger partial charge is 0.384 e. The number of hydrogen-bond acceptors (Lipinski definition) is 4. The summed E-state index contributed by atoms with van der Waals surface area (Å²) >= 11 is 0. The number of benzene rings is 2. The third-order valence-electron chi connectivity index (χ3n) is 5.44. The first kappa shape index (κ1) is 26.9. The number of rotatable bonds is 9. The summed E-state index contributed by atoms with van der Waals surface area (Å²) in [5.74, 6) is -0.820. The van der Waals surface area contributed by atoms with E-state index in [9.17, 15) is 22.4 Å². The maximum Gasteiger partial charge on any atom is 0.389 e. The zero-order chi connectivity index (χ0) is 26.5. The third-order valence-corrected chi connectivity index (χ3v) is 5.44. The summed E-state index contributed by atoms with van der Waals surface area (Å²) in [6, 6.07) is 10.7. The van der Waals surface area contributed by atoms with Crippen molar-refractivity contribution in [1.82, 2.24) is 9.78 Å². The minimum absolute atomic E-state index is 0.00320. The molecule has 0 unspecified atom stereocenters. The van der Waals surface area contributed by atoms with Gasteiger partial charge in [-0.25, -0.2) is 4.39 Å². The molecule has 0 spiro atoms. The first-order valence-electron chi connectivity index (χ1n) is 11.5. The molecule has 1 amide bonds. The van der Waals surface area contributed by atoms with Gasteiger partial charge in [-0.05, 0) is 76.1 Å². The van der Waals surface area contributed by atoms with Crippen LogP contribution in [0.5, 0.6) is 0 Å². The lowest BCUT2D eigenvalue weighted by atomic mass is 10.0. The number of anilines is 2. The van der Waals surface area contributed by atoms with Crippen LogP contribution in [0.1, 0.15) is 56.0 Å². The van der Waals surface area contributed by atoms with E-state index in [4.69, 9.17) is 5.41 Å². The van der Waals surface area contributed by atoms with E-state index < -0.39 is 29.9 Å². The Morgan fingerprint density at radius 2 is 1.78 bits per heavy atom. The van der Waals surface area contributed by atoms with Crippen molar-refractivity contribution in [1.29, 1.82) is 5.41 Å². The van der Waals surface area contributed by atoms with Crippen LogP contribution in [0.25, 0.3) is 11.3 Å². The third kappa shape index (κ3) is 6.93. The molecule has 0 bridgehead atoms. The van der Waals surface area contributed by atoms with Crippen molar-refractivity contribution in [2.45, 2.75) is 51.7 Å². The molecule has 2 aromatic carbocycles. The van der Waals surface area contributed by atoms with Crippen molar-refractivity contribution >= 4 is 23.5 Å². The Morgan fingerprint density at radius 1 is 1.08 bits per heavy atom. The van der Waals surface area contributed by atoms with Crippen LogP contribution in [-0.2, 0) is 5.54 Å². The number of hydrogen-bond donors (Lipinski definition) is 3. The van der Waals surface area contributed by atoms with Gasteiger partial charge in [0.2, 0.25) is 0 Å². The van der Waals surface area contributed by atoms with Gasteiger partial charge in [0, 0.05) is 41.7 Å². The zero-order valence-electron chi connectivity index (χ0n) is 20.3. The standard InChI is InChI=1S/C26H29F4N5O/c1-25(2,3)35-23(17-6-9-19(27)10-7-17)21(16-33-35)24(36)34-20-11-8-18(15-31)22(14-20)32-13-5-4-12-26(28,29)30/h6-11,14-16,31-32H,4-5,12-13H2,1-3H3,(H,34,36). The second-order valence-corrected chi connectivity index (χ2v) is 9.40. The summed E-state index contributed by atoms with van der Waals surface area (Å²) in [4.78, 5) is 13.3. The molecule has 1 heterocycles. The molecule has 0 saturated heterocycles. The fraction of sp³-hybridized carbons (Fsp3) is 0.346. The monoisotopic (exact) mass is 503 g/mol. The van der Waals surface area contributed by atoms with Crippen molar-refractivity contribution in [2.75, 3.05) is 17.2 Å². The van der Waals surface area contributed by atoms with E-state index in [1.807, 2.05) is 20.8 Å². The highest BCUT2D eigenvalue weighted by molar-refractivity contribution is 6.08. The van der Waals surface area contributed by atoms with Gasteiger partial charge < -0.3 is 16.0 Å². The average Bonchev–Trinajstić information content (AvgIpc) is 3.25. The normalized spacial score (nSPS) is 11.9. The molecular formula is C26H29F4N5O. The number of alkyl halides is 3. The van der Waals surface area contributed by atoms with Crippen molar-refractivity contribution in [2.24, 2.45) is 0 Å². The van der Waals surface area contributed by atoms with Crippen LogP contribution in [0.3, 0.4) is 0 Å². The molecule has 0 aliphatic carbocycles. The lowest BCUT2D eigenvalue weighted by Gasteiger charge is -2.23. The van der Waals surface area contributed by atoms with Gasteiger partial charge in [-0.3, -0.25) is 9.48 Å². The molecule has 3 rings (SSSR count). The Morgan fingerprint density at radius 3 is 2.39 bits per heavy atom. The van der Waals surface area contributed by atoms with E-state index in [0.717, 1.165) is 6.21 Å². The fourth-order valence-electron chi connectivity index (χ4n) is 3.69. The number of nitrogens with one attached hydrogen (secondary N) is 3. The molecule has 6 nitrogen and oxygen atoms in total. The predicted octanol–water partition coefficient (Wildman–Crippen LogP) is 6.84. The second kappa shape index (κ2) is 10.9. The molecule has 0 atom stereocenters. The number of nitrogens with zero attached hydrogens (tertiary/aromatic N) is 2. The lowest BCUT2D eigenvalue weighted by Crippen LogP contribution is -2.24. The van der Waals surface area contributed by atoms with Gasteiger partial charge >= 0.3 is 6.18 Å². The summed E-state index contributed by atoms with van der Waals surface area (Å²) in [6.45, 7) is 6.12. The van der Waals surface area contributed by atoms with Crippen LogP contribution in [-0.4, -0.2) is 34.6 Å². The molecule has 3 aromatic rings. The predicted molar refractivity (Wildman–Crippen MR) is 133 cm³/mol. The molecule has 10 heteroatoms. The second-order valence-electron chi connectivity index (χ2n) is 9.40. The highest BCUT2D eigenvalue weighted by Crippen LogP contribution is 2.30. The van der Waals surface area contributed by atoms with Crippen LogP contribution in [0, 0.1) is 11.2 Å². The Hall–Kier alpha value is -3.69. The van der Waals surface area contributed by atoms with Gasteiger partial charge in [-0.2, -0.15) is 18.3 Å². The van der Waals surface area contributed by atoms with Crippen LogP contribution >= 0.6 is 0 Å². The topological polar surface area (TPSA) is 82.8 Å². The molecule has 0 aliphatic heterocycles. The Bertz CT molecular complexity index is 1210. The zero-order valence-corrected chi connectivity index (χ0v) is 20.3. The average molecular weight is 504 g/mol. The molecule has 192 valence electrons. The van der Waals surface area contributed by atoms with Crippen LogP contribution in [0.2, 0.25) is 0 Å². The Labute approximate surface area is 207 Å². The van der Waals surface area contributed by atoms with Gasteiger partial charge in [0.05, 0.1) is 23.0 Å². The Balaban J connectivity index is 1.82. The molecule has 0 saturated carbocycles. The minimum atomic E-state index is -4.18. The maximum atomic E-state index is 13.5. The first-order valence-corrected chi connectivity index (χ1v) is 11.5. The summed E-state index contributed by atoms with van der Waals surface area (Å²) < 4.78 is 52.3. The molecular weight excluding hydrogens is 474 g/mol. The minimum Gasteiger partial charge on any atom is -0.384 e. The van der Waals surface area contributed by atoms with Crippen LogP contribution in [0.15, 0.2) is 48.7 Å². The number of aromatic nitrogens is 2. The molecule has 3 N–H and O–H groups in total. The maximum absolute atomic E-state index is 13.5. The number of unbranched alkanes of at least 4 members (excludes halogenated alkanes) is 1. The number of carbonyl (C=O) groups is 1. The highest BCUT2D eigenvalue weighted by Gasteiger charge is 2.26. The Kier molecular flexibility index (Phi) is 8.17. The van der Waals surface area contributed by atoms with E-state index in [0.29, 0.717) is 46.7 Å². The van der Waals surface area contributed by atoms with E-state index in [1.165, 1.54) is 18.3 Å². The van der Waals surface area contributed by atoms with Crippen LogP contribution in [0.4, 0.5) is 28.9 Å². The quantitative estimate of drug-likeness (QED) is 0.170. The van der Waals surface area contributed by atoms with E-state index in [1.54, 1.807) is 35.0 Å². The van der Waals surface area contributed by atoms with Crippen molar-refractivity contribution in [3.63, 3.8) is 0 Å². The van der Waals surface area contributed by atoms with E-state index >= 15 is 0 Å². The van der Waals surface area contributed by atoms with Gasteiger partial charge in [0.1, 0.15) is 5.82 Å². The molecule has 0 radical (unpaired) electrons. The molecule has 1 aromatic heterocycles. The van der Waals surface area contributed by atoms with Gasteiger partial charge in [0.15, 0.2) is 0 Å². The largest absolute Gasteiger partial charge is 0.389 e. The molecule has 36 heavy (non-hydrogen) atoms. The number of carbonyl (C=O) groups excluding carboxylic acids is 1. The molecule has 0 aliphatic rings. The highest BCUT2D eigenvalue weighted by atomic mass is 19.4. The SMILES string of the molecule is CC(C)(C)n1ncc(C(=O)Nc2ccc(C=N)c(NCCCCC(F)(F)F)c2)c1-c1ccc(F)cc1. The van der Waals surface area contributed by atoms with Crippen molar-refractivity contribution in [3.05, 3.63) is 65.6 Å². The van der Waals surface area contributed by atoms with Crippen molar-refractivity contribution in [3.8, 4) is 11.3 Å². The van der Waals surface area contributed by atoms with Crippen LogP contribution < -0.4 is 10.6 Å².